The van der Waals surface area contributed by atoms with Gasteiger partial charge in [0.1, 0.15) is 18.0 Å². The molecule has 0 aliphatic carbocycles. The SMILES string of the molecule is C#CCOc1cccc(-c2cn3c(ccc4ccccc43)n2)c1. The number of hydrogen-bond acceptors (Lipinski definition) is 2. The second-order valence-corrected chi connectivity index (χ2v) is 5.27. The summed E-state index contributed by atoms with van der Waals surface area (Å²) in [7, 11) is 0. The number of para-hydroxylation sites is 1. The summed E-state index contributed by atoms with van der Waals surface area (Å²) < 4.78 is 7.60. The van der Waals surface area contributed by atoms with Crippen LogP contribution in [0, 0.1) is 12.3 Å². The van der Waals surface area contributed by atoms with Gasteiger partial charge in [0.05, 0.1) is 11.2 Å². The highest BCUT2D eigenvalue weighted by Gasteiger charge is 2.07. The third-order valence-corrected chi connectivity index (χ3v) is 3.79. The van der Waals surface area contributed by atoms with Crippen LogP contribution in [0.3, 0.4) is 0 Å². The van der Waals surface area contributed by atoms with Crippen molar-refractivity contribution in [3.05, 3.63) is 66.9 Å². The molecule has 2 heterocycles. The van der Waals surface area contributed by atoms with Gasteiger partial charge < -0.3 is 4.74 Å². The monoisotopic (exact) mass is 298 g/mol. The van der Waals surface area contributed by atoms with Crippen molar-refractivity contribution in [2.24, 2.45) is 0 Å². The molecule has 0 fully saturated rings. The summed E-state index contributed by atoms with van der Waals surface area (Å²) in [6.45, 7) is 0.263. The molecule has 0 atom stereocenters. The lowest BCUT2D eigenvalue weighted by Crippen LogP contribution is -1.93. The summed E-state index contributed by atoms with van der Waals surface area (Å²) in [5.41, 5.74) is 3.98. The Morgan fingerprint density at radius 3 is 2.87 bits per heavy atom. The minimum absolute atomic E-state index is 0.263. The number of fused-ring (bicyclic) bond motifs is 3. The van der Waals surface area contributed by atoms with Crippen LogP contribution in [0.15, 0.2) is 66.9 Å². The Morgan fingerprint density at radius 2 is 1.96 bits per heavy atom. The van der Waals surface area contributed by atoms with Gasteiger partial charge in [-0.1, -0.05) is 36.3 Å². The largest absolute Gasteiger partial charge is 0.481 e. The lowest BCUT2D eigenvalue weighted by molar-refractivity contribution is 0.370. The summed E-state index contributed by atoms with van der Waals surface area (Å²) in [5.74, 6) is 3.23. The molecule has 0 saturated heterocycles. The highest BCUT2D eigenvalue weighted by Crippen LogP contribution is 2.25. The standard InChI is InChI=1S/C20H14N2O/c1-2-12-23-17-8-5-7-16(13-17)18-14-22-19-9-4-3-6-15(19)10-11-20(22)21-18/h1,3-11,13-14H,12H2. The molecule has 3 nitrogen and oxygen atoms in total. The van der Waals surface area contributed by atoms with Crippen molar-refractivity contribution >= 4 is 16.6 Å². The van der Waals surface area contributed by atoms with E-state index in [1.807, 2.05) is 42.5 Å². The molecule has 2 aromatic heterocycles. The van der Waals surface area contributed by atoms with Crippen molar-refractivity contribution in [2.75, 3.05) is 6.61 Å². The van der Waals surface area contributed by atoms with Crippen LogP contribution < -0.4 is 4.74 Å². The van der Waals surface area contributed by atoms with E-state index in [2.05, 4.69) is 34.7 Å². The van der Waals surface area contributed by atoms with E-state index in [0.29, 0.717) is 0 Å². The van der Waals surface area contributed by atoms with Crippen molar-refractivity contribution in [3.63, 3.8) is 0 Å². The zero-order valence-electron chi connectivity index (χ0n) is 12.4. The third-order valence-electron chi connectivity index (χ3n) is 3.79. The topological polar surface area (TPSA) is 26.5 Å². The molecule has 0 N–H and O–H groups in total. The number of aromatic nitrogens is 2. The van der Waals surface area contributed by atoms with Crippen molar-refractivity contribution in [1.29, 1.82) is 0 Å². The second-order valence-electron chi connectivity index (χ2n) is 5.27. The van der Waals surface area contributed by atoms with Gasteiger partial charge in [0.25, 0.3) is 0 Å². The van der Waals surface area contributed by atoms with Gasteiger partial charge in [-0.2, -0.15) is 0 Å². The van der Waals surface area contributed by atoms with Gasteiger partial charge in [0.2, 0.25) is 0 Å². The predicted octanol–water partition coefficient (Wildman–Crippen LogP) is 4.17. The van der Waals surface area contributed by atoms with Crippen LogP contribution in [-0.4, -0.2) is 16.0 Å². The molecule has 0 aliphatic rings. The second kappa shape index (κ2) is 5.51. The van der Waals surface area contributed by atoms with Gasteiger partial charge in [0.15, 0.2) is 0 Å². The fraction of sp³-hybridized carbons (Fsp3) is 0.0500. The van der Waals surface area contributed by atoms with E-state index in [4.69, 9.17) is 16.1 Å². The smallest absolute Gasteiger partial charge is 0.148 e. The van der Waals surface area contributed by atoms with Gasteiger partial charge in [-0.3, -0.25) is 4.40 Å². The molecule has 0 aliphatic heterocycles. The number of nitrogens with zero attached hydrogens (tertiary/aromatic N) is 2. The molecule has 0 spiro atoms. The zero-order valence-corrected chi connectivity index (χ0v) is 12.4. The maximum Gasteiger partial charge on any atom is 0.148 e. The van der Waals surface area contributed by atoms with Gasteiger partial charge in [-0.15, -0.1) is 6.42 Å². The number of imidazole rings is 1. The summed E-state index contributed by atoms with van der Waals surface area (Å²) in [6, 6.07) is 20.2. The molecule has 4 rings (SSSR count). The Kier molecular flexibility index (Phi) is 3.21. The molecule has 0 unspecified atom stereocenters. The lowest BCUT2D eigenvalue weighted by Gasteiger charge is -2.03. The molecule has 110 valence electrons. The Hall–Kier alpha value is -3.25. The third kappa shape index (κ3) is 2.41. The first-order valence-electron chi connectivity index (χ1n) is 7.39. The van der Waals surface area contributed by atoms with E-state index in [9.17, 15) is 0 Å². The maximum atomic E-state index is 5.49. The number of terminal acetylenes is 1. The quantitative estimate of drug-likeness (QED) is 0.531. The van der Waals surface area contributed by atoms with Crippen LogP contribution >= 0.6 is 0 Å². The van der Waals surface area contributed by atoms with Gasteiger partial charge >= 0.3 is 0 Å². The average molecular weight is 298 g/mol. The molecule has 0 saturated carbocycles. The molecule has 0 amide bonds. The molecule has 3 heteroatoms. The number of pyridine rings is 1. The normalized spacial score (nSPS) is 10.7. The van der Waals surface area contributed by atoms with Crippen molar-refractivity contribution in [2.45, 2.75) is 0 Å². The van der Waals surface area contributed by atoms with E-state index in [1.165, 1.54) is 5.39 Å². The highest BCUT2D eigenvalue weighted by molar-refractivity contribution is 5.83. The van der Waals surface area contributed by atoms with E-state index in [-0.39, 0.29) is 6.61 Å². The Labute approximate surface area is 134 Å². The highest BCUT2D eigenvalue weighted by atomic mass is 16.5. The van der Waals surface area contributed by atoms with Crippen LogP contribution in [-0.2, 0) is 0 Å². The molecule has 0 radical (unpaired) electrons. The minimum atomic E-state index is 0.263. The van der Waals surface area contributed by atoms with Crippen LogP contribution in [0.1, 0.15) is 0 Å². The molecule has 23 heavy (non-hydrogen) atoms. The number of ether oxygens (including phenoxy) is 1. The Morgan fingerprint density at radius 1 is 1.04 bits per heavy atom. The predicted molar refractivity (Wildman–Crippen MR) is 92.5 cm³/mol. The maximum absolute atomic E-state index is 5.49. The fourth-order valence-electron chi connectivity index (χ4n) is 2.73. The van der Waals surface area contributed by atoms with Gasteiger partial charge in [-0.05, 0) is 35.7 Å². The zero-order chi connectivity index (χ0) is 15.6. The van der Waals surface area contributed by atoms with Crippen LogP contribution in [0.4, 0.5) is 0 Å². The molecular formula is C20H14N2O. The molecular weight excluding hydrogens is 284 g/mol. The van der Waals surface area contributed by atoms with E-state index >= 15 is 0 Å². The first-order valence-corrected chi connectivity index (χ1v) is 7.39. The molecule has 4 aromatic rings. The fourth-order valence-corrected chi connectivity index (χ4v) is 2.73. The van der Waals surface area contributed by atoms with Crippen LogP contribution in [0.25, 0.3) is 27.8 Å². The summed E-state index contributed by atoms with van der Waals surface area (Å²) in [5, 5.41) is 1.19. The summed E-state index contributed by atoms with van der Waals surface area (Å²) in [6.07, 6.45) is 7.29. The average Bonchev–Trinajstić information content (AvgIpc) is 3.05. The Bertz CT molecular complexity index is 1040. The van der Waals surface area contributed by atoms with Crippen molar-refractivity contribution in [1.82, 2.24) is 9.38 Å². The first kappa shape index (κ1) is 13.4. The van der Waals surface area contributed by atoms with Gasteiger partial charge in [-0.25, -0.2) is 4.98 Å². The summed E-state index contributed by atoms with van der Waals surface area (Å²) >= 11 is 0. The number of hydrogen-bond donors (Lipinski definition) is 0. The number of rotatable bonds is 3. The molecule has 2 aromatic carbocycles. The Balaban J connectivity index is 1.83. The van der Waals surface area contributed by atoms with Crippen LogP contribution in [0.2, 0.25) is 0 Å². The minimum Gasteiger partial charge on any atom is -0.481 e. The lowest BCUT2D eigenvalue weighted by atomic mass is 10.1. The van der Waals surface area contributed by atoms with E-state index < -0.39 is 0 Å². The van der Waals surface area contributed by atoms with Crippen molar-refractivity contribution < 1.29 is 4.74 Å². The first-order chi connectivity index (χ1) is 11.3. The van der Waals surface area contributed by atoms with E-state index in [0.717, 1.165) is 28.2 Å². The van der Waals surface area contributed by atoms with Crippen molar-refractivity contribution in [3.8, 4) is 29.4 Å². The van der Waals surface area contributed by atoms with E-state index in [1.54, 1.807) is 0 Å². The van der Waals surface area contributed by atoms with Gasteiger partial charge in [0, 0.05) is 11.8 Å². The van der Waals surface area contributed by atoms with Crippen LogP contribution in [0.5, 0.6) is 5.75 Å². The number of benzene rings is 2. The summed E-state index contributed by atoms with van der Waals surface area (Å²) in [4.78, 5) is 4.72. The molecule has 0 bridgehead atoms.